The van der Waals surface area contributed by atoms with Gasteiger partial charge in [0.15, 0.2) is 5.82 Å². The van der Waals surface area contributed by atoms with Crippen molar-refractivity contribution in [3.05, 3.63) is 53.5 Å². The monoisotopic (exact) mass is 288 g/mol. The van der Waals surface area contributed by atoms with Crippen LogP contribution in [0.1, 0.15) is 37.8 Å². The van der Waals surface area contributed by atoms with Gasteiger partial charge in [0.25, 0.3) is 5.88 Å². The van der Waals surface area contributed by atoms with E-state index in [0.717, 1.165) is 12.1 Å². The van der Waals surface area contributed by atoms with E-state index in [-0.39, 0.29) is 5.88 Å². The summed E-state index contributed by atoms with van der Waals surface area (Å²) in [5.41, 5.74) is 1.60. The third kappa shape index (κ3) is 3.79. The number of pyridine rings is 1. The number of aromatic nitrogens is 1. The lowest BCUT2D eigenvalue weighted by Crippen LogP contribution is -2.13. The molecule has 0 spiro atoms. The first-order valence-corrected chi connectivity index (χ1v) is 7.24. The zero-order valence-electron chi connectivity index (χ0n) is 12.7. The van der Waals surface area contributed by atoms with Crippen LogP contribution in [0.4, 0.5) is 4.39 Å². The standard InChI is InChI=1S/C17H21FN2O/c1-4-19-11-13-9-10-20-17(16(13)18)21-15-8-6-5-7-14(15)12(2)3/h5-10,12,19H,4,11H2,1-3H3. The molecule has 0 saturated heterocycles. The van der Waals surface area contributed by atoms with Crippen molar-refractivity contribution in [1.29, 1.82) is 0 Å². The number of nitrogens with zero attached hydrogens (tertiary/aromatic N) is 1. The Bertz CT molecular complexity index is 599. The molecule has 2 aromatic rings. The number of nitrogens with one attached hydrogen (secondary N) is 1. The molecule has 21 heavy (non-hydrogen) atoms. The highest BCUT2D eigenvalue weighted by molar-refractivity contribution is 5.39. The molecule has 1 aromatic carbocycles. The number of hydrogen-bond donors (Lipinski definition) is 1. The molecule has 0 aliphatic carbocycles. The molecule has 0 radical (unpaired) electrons. The van der Waals surface area contributed by atoms with Gasteiger partial charge in [-0.15, -0.1) is 0 Å². The fourth-order valence-corrected chi connectivity index (χ4v) is 2.08. The molecule has 1 heterocycles. The van der Waals surface area contributed by atoms with Crippen LogP contribution in [-0.4, -0.2) is 11.5 Å². The predicted octanol–water partition coefficient (Wildman–Crippen LogP) is 4.25. The van der Waals surface area contributed by atoms with Crippen LogP contribution in [0.15, 0.2) is 36.5 Å². The van der Waals surface area contributed by atoms with Crippen LogP contribution in [0.25, 0.3) is 0 Å². The first kappa shape index (κ1) is 15.4. The van der Waals surface area contributed by atoms with E-state index in [1.165, 1.54) is 0 Å². The van der Waals surface area contributed by atoms with Crippen molar-refractivity contribution in [2.75, 3.05) is 6.54 Å². The minimum atomic E-state index is -0.406. The molecular weight excluding hydrogens is 267 g/mol. The molecule has 1 N–H and O–H groups in total. The molecule has 0 amide bonds. The SMILES string of the molecule is CCNCc1ccnc(Oc2ccccc2C(C)C)c1F. The lowest BCUT2D eigenvalue weighted by molar-refractivity contribution is 0.412. The van der Waals surface area contributed by atoms with Crippen LogP contribution in [-0.2, 0) is 6.54 Å². The van der Waals surface area contributed by atoms with Crippen LogP contribution in [0.5, 0.6) is 11.6 Å². The number of ether oxygens (including phenoxy) is 1. The van der Waals surface area contributed by atoms with E-state index in [0.29, 0.717) is 23.8 Å². The molecular formula is C17H21FN2O. The van der Waals surface area contributed by atoms with Crippen molar-refractivity contribution in [3.63, 3.8) is 0 Å². The van der Waals surface area contributed by atoms with Crippen LogP contribution in [0, 0.1) is 5.82 Å². The zero-order valence-corrected chi connectivity index (χ0v) is 12.7. The van der Waals surface area contributed by atoms with Gasteiger partial charge in [-0.1, -0.05) is 39.0 Å². The summed E-state index contributed by atoms with van der Waals surface area (Å²) in [4.78, 5) is 4.02. The van der Waals surface area contributed by atoms with Crippen LogP contribution < -0.4 is 10.1 Å². The minimum Gasteiger partial charge on any atom is -0.436 e. The minimum absolute atomic E-state index is 0.0264. The van der Waals surface area contributed by atoms with Gasteiger partial charge in [-0.05, 0) is 30.2 Å². The number of hydrogen-bond acceptors (Lipinski definition) is 3. The summed E-state index contributed by atoms with van der Waals surface area (Å²) in [6.07, 6.45) is 1.57. The molecule has 0 aliphatic heterocycles. The highest BCUT2D eigenvalue weighted by atomic mass is 19.1. The average Bonchev–Trinajstić information content (AvgIpc) is 2.48. The molecule has 0 fully saturated rings. The van der Waals surface area contributed by atoms with Crippen molar-refractivity contribution in [2.45, 2.75) is 33.2 Å². The highest BCUT2D eigenvalue weighted by Crippen LogP contribution is 2.31. The van der Waals surface area contributed by atoms with Gasteiger partial charge in [-0.2, -0.15) is 0 Å². The molecule has 3 nitrogen and oxygen atoms in total. The highest BCUT2D eigenvalue weighted by Gasteiger charge is 2.14. The molecule has 0 unspecified atom stereocenters. The second-order valence-electron chi connectivity index (χ2n) is 5.16. The van der Waals surface area contributed by atoms with Crippen LogP contribution in [0.2, 0.25) is 0 Å². The molecule has 0 aliphatic rings. The first-order valence-electron chi connectivity index (χ1n) is 7.24. The first-order chi connectivity index (χ1) is 10.1. The van der Waals surface area contributed by atoms with Crippen molar-refractivity contribution in [2.24, 2.45) is 0 Å². The molecule has 2 rings (SSSR count). The summed E-state index contributed by atoms with van der Waals surface area (Å²) in [5.74, 6) is 0.573. The van der Waals surface area contributed by atoms with Crippen molar-refractivity contribution in [1.82, 2.24) is 10.3 Å². The summed E-state index contributed by atoms with van der Waals surface area (Å²) >= 11 is 0. The number of benzene rings is 1. The molecule has 0 atom stereocenters. The fraction of sp³-hybridized carbons (Fsp3) is 0.353. The van der Waals surface area contributed by atoms with Crippen molar-refractivity contribution >= 4 is 0 Å². The second-order valence-corrected chi connectivity index (χ2v) is 5.16. The van der Waals surface area contributed by atoms with Gasteiger partial charge in [0.2, 0.25) is 0 Å². The normalized spacial score (nSPS) is 10.9. The number of rotatable bonds is 6. The molecule has 4 heteroatoms. The second kappa shape index (κ2) is 7.18. The number of para-hydroxylation sites is 1. The molecule has 0 saturated carbocycles. The van der Waals surface area contributed by atoms with Gasteiger partial charge in [-0.3, -0.25) is 0 Å². The van der Waals surface area contributed by atoms with Gasteiger partial charge >= 0.3 is 0 Å². The smallest absolute Gasteiger partial charge is 0.256 e. The third-order valence-electron chi connectivity index (χ3n) is 3.25. The summed E-state index contributed by atoms with van der Waals surface area (Å²) in [6.45, 7) is 7.39. The van der Waals surface area contributed by atoms with Gasteiger partial charge in [0, 0.05) is 18.3 Å². The predicted molar refractivity (Wildman–Crippen MR) is 82.2 cm³/mol. The molecule has 0 bridgehead atoms. The summed E-state index contributed by atoms with van der Waals surface area (Å²) in [7, 11) is 0. The van der Waals surface area contributed by atoms with E-state index in [1.54, 1.807) is 12.3 Å². The Morgan fingerprint density at radius 1 is 1.24 bits per heavy atom. The topological polar surface area (TPSA) is 34.2 Å². The van der Waals surface area contributed by atoms with Gasteiger partial charge < -0.3 is 10.1 Å². The average molecular weight is 288 g/mol. The molecule has 1 aromatic heterocycles. The lowest BCUT2D eigenvalue weighted by Gasteiger charge is -2.14. The van der Waals surface area contributed by atoms with E-state index in [4.69, 9.17) is 4.74 Å². The van der Waals surface area contributed by atoms with Gasteiger partial charge in [0.05, 0.1) is 0 Å². The van der Waals surface area contributed by atoms with E-state index in [2.05, 4.69) is 24.1 Å². The Labute approximate surface area is 125 Å². The van der Waals surface area contributed by atoms with Crippen LogP contribution in [0.3, 0.4) is 0 Å². The maximum absolute atomic E-state index is 14.4. The largest absolute Gasteiger partial charge is 0.436 e. The zero-order chi connectivity index (χ0) is 15.2. The Kier molecular flexibility index (Phi) is 5.28. The Morgan fingerprint density at radius 3 is 2.71 bits per heavy atom. The van der Waals surface area contributed by atoms with Gasteiger partial charge in [0.1, 0.15) is 5.75 Å². The van der Waals surface area contributed by atoms with Gasteiger partial charge in [-0.25, -0.2) is 9.37 Å². The van der Waals surface area contributed by atoms with E-state index < -0.39 is 5.82 Å². The Balaban J connectivity index is 2.28. The Morgan fingerprint density at radius 2 is 2.00 bits per heavy atom. The summed E-state index contributed by atoms with van der Waals surface area (Å²) in [6, 6.07) is 9.32. The lowest BCUT2D eigenvalue weighted by atomic mass is 10.0. The van der Waals surface area contributed by atoms with E-state index in [1.807, 2.05) is 31.2 Å². The Hall–Kier alpha value is -1.94. The van der Waals surface area contributed by atoms with E-state index in [9.17, 15) is 4.39 Å². The third-order valence-corrected chi connectivity index (χ3v) is 3.25. The van der Waals surface area contributed by atoms with Crippen molar-refractivity contribution in [3.8, 4) is 11.6 Å². The fourth-order valence-electron chi connectivity index (χ4n) is 2.08. The van der Waals surface area contributed by atoms with E-state index >= 15 is 0 Å². The number of halogens is 1. The quantitative estimate of drug-likeness (QED) is 0.863. The maximum atomic E-state index is 14.4. The molecule has 112 valence electrons. The summed E-state index contributed by atoms with van der Waals surface area (Å²) in [5, 5.41) is 3.10. The van der Waals surface area contributed by atoms with Crippen molar-refractivity contribution < 1.29 is 9.13 Å². The van der Waals surface area contributed by atoms with Crippen LogP contribution >= 0.6 is 0 Å². The maximum Gasteiger partial charge on any atom is 0.256 e. The summed E-state index contributed by atoms with van der Waals surface area (Å²) < 4.78 is 20.1.